The van der Waals surface area contributed by atoms with Crippen LogP contribution in [0, 0.1) is 5.95 Å². The van der Waals surface area contributed by atoms with E-state index in [2.05, 4.69) is 20.9 Å². The third-order valence-corrected chi connectivity index (χ3v) is 7.51. The van der Waals surface area contributed by atoms with Crippen LogP contribution in [-0.2, 0) is 17.1 Å². The number of pyridine rings is 1. The van der Waals surface area contributed by atoms with Crippen molar-refractivity contribution in [2.24, 2.45) is 7.05 Å². The van der Waals surface area contributed by atoms with Crippen molar-refractivity contribution in [2.75, 3.05) is 11.3 Å². The van der Waals surface area contributed by atoms with Crippen molar-refractivity contribution in [2.45, 2.75) is 37.2 Å². The van der Waals surface area contributed by atoms with Crippen molar-refractivity contribution in [3.05, 3.63) is 83.9 Å². The van der Waals surface area contributed by atoms with Gasteiger partial charge in [-0.2, -0.15) is 9.49 Å². The highest BCUT2D eigenvalue weighted by molar-refractivity contribution is 7.92. The van der Waals surface area contributed by atoms with Crippen LogP contribution in [0.4, 0.5) is 10.2 Å². The molecule has 5 rings (SSSR count). The number of ether oxygens (including phenoxy) is 2. The van der Waals surface area contributed by atoms with Crippen molar-refractivity contribution >= 4 is 15.8 Å². The molecule has 0 fully saturated rings. The second-order valence-corrected chi connectivity index (χ2v) is 10.8. The van der Waals surface area contributed by atoms with E-state index in [0.29, 0.717) is 12.4 Å². The van der Waals surface area contributed by atoms with E-state index in [-0.39, 0.29) is 22.7 Å². The fraction of sp³-hybridized carbons (Fsp3) is 0.259. The Kier molecular flexibility index (Phi) is 6.59. The molecule has 0 aliphatic carbocycles. The van der Waals surface area contributed by atoms with Crippen LogP contribution in [0.3, 0.4) is 0 Å². The highest BCUT2D eigenvalue weighted by atomic mass is 32.2. The molecule has 1 unspecified atom stereocenters. The molecule has 2 aromatic carbocycles. The number of halogens is 1. The Morgan fingerprint density at radius 2 is 1.92 bits per heavy atom. The van der Waals surface area contributed by atoms with Crippen molar-refractivity contribution in [1.29, 1.82) is 0 Å². The van der Waals surface area contributed by atoms with Crippen molar-refractivity contribution in [1.82, 2.24) is 14.8 Å². The van der Waals surface area contributed by atoms with E-state index in [1.807, 2.05) is 43.8 Å². The topological polar surface area (TPSA) is 95.3 Å². The van der Waals surface area contributed by atoms with Crippen LogP contribution in [0.15, 0.2) is 71.8 Å². The van der Waals surface area contributed by atoms with E-state index >= 15 is 0 Å². The van der Waals surface area contributed by atoms with Crippen LogP contribution in [-0.4, -0.2) is 35.9 Å². The second kappa shape index (κ2) is 9.85. The highest BCUT2D eigenvalue weighted by Gasteiger charge is 2.28. The van der Waals surface area contributed by atoms with E-state index in [4.69, 9.17) is 9.47 Å². The van der Waals surface area contributed by atoms with Gasteiger partial charge in [0.2, 0.25) is 5.95 Å². The average Bonchev–Trinajstić information content (AvgIpc) is 3.28. The molecule has 1 atom stereocenters. The van der Waals surface area contributed by atoms with Crippen molar-refractivity contribution < 1.29 is 22.3 Å². The molecule has 0 amide bonds. The van der Waals surface area contributed by atoms with Gasteiger partial charge in [-0.05, 0) is 62.2 Å². The zero-order valence-corrected chi connectivity index (χ0v) is 21.5. The minimum Gasteiger partial charge on any atom is -0.493 e. The van der Waals surface area contributed by atoms with Crippen molar-refractivity contribution in [3.8, 4) is 22.8 Å². The zero-order chi connectivity index (χ0) is 26.2. The summed E-state index contributed by atoms with van der Waals surface area (Å²) in [5, 5.41) is 4.34. The molecule has 0 spiro atoms. The lowest BCUT2D eigenvalue weighted by atomic mass is 9.83. The van der Waals surface area contributed by atoms with Crippen LogP contribution in [0.25, 0.3) is 11.3 Å². The molecule has 3 heterocycles. The first-order chi connectivity index (χ1) is 17.7. The third kappa shape index (κ3) is 5.15. The quantitative estimate of drug-likeness (QED) is 0.339. The Labute approximate surface area is 215 Å². The maximum Gasteiger partial charge on any atom is 0.263 e. The number of sulfonamides is 1. The second-order valence-electron chi connectivity index (χ2n) is 9.10. The first-order valence-corrected chi connectivity index (χ1v) is 13.4. The number of anilines is 1. The molecular formula is C27H27FN4O4S. The number of aromatic nitrogens is 3. The molecule has 8 nitrogen and oxygen atoms in total. The van der Waals surface area contributed by atoms with Gasteiger partial charge in [0.05, 0.1) is 23.3 Å². The average molecular weight is 523 g/mol. The molecule has 1 aliphatic rings. The lowest BCUT2D eigenvalue weighted by molar-refractivity contribution is 0.242. The Balaban J connectivity index is 1.53. The first-order valence-electron chi connectivity index (χ1n) is 11.9. The summed E-state index contributed by atoms with van der Waals surface area (Å²) in [6, 6.07) is 16.7. The number of nitrogens with zero attached hydrogens (tertiary/aromatic N) is 3. The molecule has 0 saturated carbocycles. The fourth-order valence-corrected chi connectivity index (χ4v) is 5.58. The number of hydrogen-bond donors (Lipinski definition) is 1. The molecule has 2 aromatic heterocycles. The van der Waals surface area contributed by atoms with Gasteiger partial charge in [0.15, 0.2) is 0 Å². The lowest BCUT2D eigenvalue weighted by Gasteiger charge is -2.28. The molecule has 10 heteroatoms. The summed E-state index contributed by atoms with van der Waals surface area (Å²) < 4.78 is 55.4. The normalized spacial score (nSPS) is 15.2. The maximum atomic E-state index is 13.4. The van der Waals surface area contributed by atoms with Gasteiger partial charge in [0.25, 0.3) is 10.0 Å². The largest absolute Gasteiger partial charge is 0.493 e. The summed E-state index contributed by atoms with van der Waals surface area (Å²) in [7, 11) is -2.11. The van der Waals surface area contributed by atoms with E-state index < -0.39 is 16.0 Å². The fourth-order valence-electron chi connectivity index (χ4n) is 4.57. The number of aryl methyl sites for hydroxylation is 1. The van der Waals surface area contributed by atoms with E-state index in [1.165, 1.54) is 24.3 Å². The predicted octanol–water partition coefficient (Wildman–Crippen LogP) is 5.12. The number of nitrogens with one attached hydrogen (secondary N) is 1. The van der Waals surface area contributed by atoms with Crippen LogP contribution in [0.5, 0.6) is 11.5 Å². The molecule has 0 saturated heterocycles. The maximum absolute atomic E-state index is 13.4. The summed E-state index contributed by atoms with van der Waals surface area (Å²) in [6.45, 7) is 4.39. The summed E-state index contributed by atoms with van der Waals surface area (Å²) in [6.07, 6.45) is 2.51. The van der Waals surface area contributed by atoms with Crippen LogP contribution in [0.1, 0.15) is 37.3 Å². The third-order valence-electron chi connectivity index (χ3n) is 6.16. The van der Waals surface area contributed by atoms with Gasteiger partial charge in [-0.25, -0.2) is 13.4 Å². The highest BCUT2D eigenvalue weighted by Crippen LogP contribution is 2.43. The molecule has 37 heavy (non-hydrogen) atoms. The molecule has 1 N–H and O–H groups in total. The standard InChI is InChI=1S/C27H27FN4O4S/c1-17(2)36-18-7-9-20(23(15-18)24-11-13-29-32(24)3)21-12-14-35-25-16-19(8-10-22(21)25)37(33,34)31-27-6-4-5-26(28)30-27/h4-11,13,15-17,21H,12,14H2,1-3H3,(H,30,31). The van der Waals surface area contributed by atoms with Crippen LogP contribution >= 0.6 is 0 Å². The Morgan fingerprint density at radius 3 is 2.65 bits per heavy atom. The Bertz CT molecular complexity index is 1550. The summed E-state index contributed by atoms with van der Waals surface area (Å²) in [5.74, 6) is 0.355. The van der Waals surface area contributed by atoms with Gasteiger partial charge < -0.3 is 9.47 Å². The zero-order valence-electron chi connectivity index (χ0n) is 20.7. The molecule has 0 bridgehead atoms. The molecular weight excluding hydrogens is 495 g/mol. The number of benzene rings is 2. The molecule has 192 valence electrons. The number of hydrogen-bond acceptors (Lipinski definition) is 6. The van der Waals surface area contributed by atoms with Gasteiger partial charge in [0, 0.05) is 36.4 Å². The monoisotopic (exact) mass is 522 g/mol. The minimum absolute atomic E-state index is 0.00509. The minimum atomic E-state index is -4.00. The predicted molar refractivity (Wildman–Crippen MR) is 138 cm³/mol. The lowest BCUT2D eigenvalue weighted by Crippen LogP contribution is -2.18. The Hall–Kier alpha value is -3.92. The number of rotatable bonds is 7. The molecule has 4 aromatic rings. The summed E-state index contributed by atoms with van der Waals surface area (Å²) in [4.78, 5) is 3.59. The van der Waals surface area contributed by atoms with Gasteiger partial charge >= 0.3 is 0 Å². The van der Waals surface area contributed by atoms with Gasteiger partial charge in [-0.15, -0.1) is 0 Å². The van der Waals surface area contributed by atoms with Crippen molar-refractivity contribution in [3.63, 3.8) is 0 Å². The van der Waals surface area contributed by atoms with E-state index in [9.17, 15) is 12.8 Å². The van der Waals surface area contributed by atoms with Crippen LogP contribution < -0.4 is 14.2 Å². The Morgan fingerprint density at radius 1 is 1.11 bits per heavy atom. The smallest absolute Gasteiger partial charge is 0.263 e. The molecule has 0 radical (unpaired) electrons. The van der Waals surface area contributed by atoms with E-state index in [1.54, 1.807) is 12.3 Å². The summed E-state index contributed by atoms with van der Waals surface area (Å²) in [5.41, 5.74) is 3.90. The van der Waals surface area contributed by atoms with E-state index in [0.717, 1.165) is 40.6 Å². The van der Waals surface area contributed by atoms with Gasteiger partial charge in [-0.3, -0.25) is 9.40 Å². The van der Waals surface area contributed by atoms with Gasteiger partial charge in [0.1, 0.15) is 17.3 Å². The van der Waals surface area contributed by atoms with Crippen LogP contribution in [0.2, 0.25) is 0 Å². The SMILES string of the molecule is CC(C)Oc1ccc(C2CCOc3cc(S(=O)(=O)Nc4cccc(F)n4)ccc32)c(-c2ccnn2C)c1. The van der Waals surface area contributed by atoms with Gasteiger partial charge in [-0.1, -0.05) is 18.2 Å². The molecule has 1 aliphatic heterocycles. The first kappa shape index (κ1) is 24.8. The summed E-state index contributed by atoms with van der Waals surface area (Å²) >= 11 is 0. The number of fused-ring (bicyclic) bond motifs is 1.